The SMILES string of the molecule is COc1ccc(N2C(=O)/C(=C\c3ccccc3OS(=O)(=O)c3ccc(C)cc3)C(=O)NC2=S)cc1. The molecule has 0 saturated carbocycles. The molecule has 0 aromatic heterocycles. The van der Waals surface area contributed by atoms with Crippen molar-refractivity contribution >= 4 is 51.0 Å². The Hall–Kier alpha value is -4.02. The number of nitrogens with one attached hydrogen (secondary N) is 1. The Bertz CT molecular complexity index is 1450. The second kappa shape index (κ2) is 9.69. The van der Waals surface area contributed by atoms with Crippen LogP contribution in [0.25, 0.3) is 6.08 Å². The fraction of sp³-hybridized carbons (Fsp3) is 0.0800. The molecule has 4 rings (SSSR count). The zero-order valence-corrected chi connectivity index (χ0v) is 20.4. The number of ether oxygens (including phenoxy) is 1. The van der Waals surface area contributed by atoms with Crippen molar-refractivity contribution in [3.8, 4) is 11.5 Å². The van der Waals surface area contributed by atoms with Gasteiger partial charge in [-0.05, 0) is 67.7 Å². The molecule has 1 saturated heterocycles. The first-order valence-electron chi connectivity index (χ1n) is 10.4. The van der Waals surface area contributed by atoms with Crippen molar-refractivity contribution in [2.24, 2.45) is 0 Å². The Balaban J connectivity index is 1.69. The predicted octanol–water partition coefficient (Wildman–Crippen LogP) is 3.60. The van der Waals surface area contributed by atoms with Crippen LogP contribution in [0.4, 0.5) is 5.69 Å². The molecule has 0 unspecified atom stereocenters. The number of aryl methyl sites for hydroxylation is 1. The molecule has 1 heterocycles. The minimum atomic E-state index is -4.15. The van der Waals surface area contributed by atoms with E-state index in [0.717, 1.165) is 5.56 Å². The highest BCUT2D eigenvalue weighted by Gasteiger charge is 2.34. The number of hydrogen-bond acceptors (Lipinski definition) is 7. The van der Waals surface area contributed by atoms with Gasteiger partial charge in [-0.25, -0.2) is 0 Å². The van der Waals surface area contributed by atoms with E-state index in [-0.39, 0.29) is 26.9 Å². The molecule has 0 radical (unpaired) electrons. The molecule has 1 aliphatic rings. The van der Waals surface area contributed by atoms with Crippen molar-refractivity contribution in [3.05, 3.63) is 89.5 Å². The van der Waals surface area contributed by atoms with Crippen LogP contribution in [0.3, 0.4) is 0 Å². The van der Waals surface area contributed by atoms with Crippen molar-refractivity contribution in [1.29, 1.82) is 0 Å². The molecule has 1 fully saturated rings. The Morgan fingerprint density at radius 3 is 2.26 bits per heavy atom. The maximum Gasteiger partial charge on any atom is 0.339 e. The lowest BCUT2D eigenvalue weighted by Crippen LogP contribution is -2.54. The summed E-state index contributed by atoms with van der Waals surface area (Å²) < 4.78 is 36.1. The lowest BCUT2D eigenvalue weighted by Gasteiger charge is -2.29. The maximum absolute atomic E-state index is 13.3. The minimum Gasteiger partial charge on any atom is -0.497 e. The fourth-order valence-corrected chi connectivity index (χ4v) is 4.56. The molecule has 2 amide bonds. The second-order valence-corrected chi connectivity index (χ2v) is 9.48. The van der Waals surface area contributed by atoms with Crippen LogP contribution in [-0.2, 0) is 19.7 Å². The van der Waals surface area contributed by atoms with E-state index in [9.17, 15) is 18.0 Å². The third-order valence-corrected chi connectivity index (χ3v) is 6.69. The molecule has 8 nitrogen and oxygen atoms in total. The van der Waals surface area contributed by atoms with Crippen LogP contribution in [-0.4, -0.2) is 32.5 Å². The number of amides is 2. The molecule has 1 N–H and O–H groups in total. The largest absolute Gasteiger partial charge is 0.497 e. The summed E-state index contributed by atoms with van der Waals surface area (Å²) in [7, 11) is -2.63. The van der Waals surface area contributed by atoms with Crippen molar-refractivity contribution in [2.75, 3.05) is 12.0 Å². The molecule has 0 aliphatic carbocycles. The van der Waals surface area contributed by atoms with Crippen LogP contribution in [0.1, 0.15) is 11.1 Å². The fourth-order valence-electron chi connectivity index (χ4n) is 3.33. The summed E-state index contributed by atoms with van der Waals surface area (Å²) in [5.41, 5.74) is 1.32. The number of para-hydroxylation sites is 1. The van der Waals surface area contributed by atoms with Gasteiger partial charge in [0.15, 0.2) is 5.11 Å². The topological polar surface area (TPSA) is 102 Å². The molecule has 35 heavy (non-hydrogen) atoms. The van der Waals surface area contributed by atoms with Crippen LogP contribution in [0.15, 0.2) is 83.3 Å². The van der Waals surface area contributed by atoms with Gasteiger partial charge in [0.05, 0.1) is 12.8 Å². The molecule has 10 heteroatoms. The number of benzene rings is 3. The number of carbonyl (C=O) groups excluding carboxylic acids is 2. The first kappa shape index (κ1) is 24.1. The molecular formula is C25H20N2O6S2. The van der Waals surface area contributed by atoms with Gasteiger partial charge in [0.2, 0.25) is 0 Å². The summed E-state index contributed by atoms with van der Waals surface area (Å²) in [5, 5.41) is 2.42. The van der Waals surface area contributed by atoms with Crippen molar-refractivity contribution in [3.63, 3.8) is 0 Å². The molecule has 0 spiro atoms. The van der Waals surface area contributed by atoms with E-state index in [1.54, 1.807) is 48.5 Å². The molecule has 3 aromatic carbocycles. The minimum absolute atomic E-state index is 0.0203. The summed E-state index contributed by atoms with van der Waals surface area (Å²) in [6.45, 7) is 1.84. The van der Waals surface area contributed by atoms with E-state index in [1.165, 1.54) is 42.4 Å². The average molecular weight is 509 g/mol. The smallest absolute Gasteiger partial charge is 0.339 e. The van der Waals surface area contributed by atoms with Gasteiger partial charge in [0, 0.05) is 5.56 Å². The molecular weight excluding hydrogens is 488 g/mol. The first-order chi connectivity index (χ1) is 16.7. The third-order valence-electron chi connectivity index (χ3n) is 5.16. The Morgan fingerprint density at radius 2 is 1.60 bits per heavy atom. The van der Waals surface area contributed by atoms with Gasteiger partial charge in [0.25, 0.3) is 11.8 Å². The molecule has 178 valence electrons. The number of hydrogen-bond donors (Lipinski definition) is 1. The number of anilines is 1. The summed E-state index contributed by atoms with van der Waals surface area (Å²) in [4.78, 5) is 27.1. The van der Waals surface area contributed by atoms with E-state index in [4.69, 9.17) is 21.1 Å². The first-order valence-corrected chi connectivity index (χ1v) is 12.2. The number of thiocarbonyl (C=S) groups is 1. The summed E-state index contributed by atoms with van der Waals surface area (Å²) in [5.74, 6) is -0.823. The van der Waals surface area contributed by atoms with Gasteiger partial charge >= 0.3 is 10.1 Å². The van der Waals surface area contributed by atoms with Crippen LogP contribution < -0.4 is 19.1 Å². The van der Waals surface area contributed by atoms with Crippen molar-refractivity contribution in [1.82, 2.24) is 5.32 Å². The zero-order valence-electron chi connectivity index (χ0n) is 18.7. The van der Waals surface area contributed by atoms with Gasteiger partial charge < -0.3 is 8.92 Å². The van der Waals surface area contributed by atoms with E-state index in [0.29, 0.717) is 11.4 Å². The van der Waals surface area contributed by atoms with E-state index < -0.39 is 21.9 Å². The van der Waals surface area contributed by atoms with Crippen LogP contribution in [0.2, 0.25) is 0 Å². The number of rotatable bonds is 6. The normalized spacial score (nSPS) is 15.2. The highest BCUT2D eigenvalue weighted by molar-refractivity contribution is 7.87. The highest BCUT2D eigenvalue weighted by atomic mass is 32.2. The van der Waals surface area contributed by atoms with Gasteiger partial charge in [-0.15, -0.1) is 0 Å². The molecule has 3 aromatic rings. The van der Waals surface area contributed by atoms with Gasteiger partial charge in [-0.3, -0.25) is 19.8 Å². The maximum atomic E-state index is 13.3. The second-order valence-electron chi connectivity index (χ2n) is 7.54. The summed E-state index contributed by atoms with van der Waals surface area (Å²) >= 11 is 5.21. The zero-order chi connectivity index (χ0) is 25.2. The lowest BCUT2D eigenvalue weighted by molar-refractivity contribution is -0.122. The molecule has 1 aliphatic heterocycles. The molecule has 0 bridgehead atoms. The summed E-state index contributed by atoms with van der Waals surface area (Å²) in [6, 6.07) is 19.0. The highest BCUT2D eigenvalue weighted by Crippen LogP contribution is 2.28. The molecule has 0 atom stereocenters. The van der Waals surface area contributed by atoms with Crippen molar-refractivity contribution < 1.29 is 26.9 Å². The number of methoxy groups -OCH3 is 1. The standard InChI is InChI=1S/C25H20N2O6S2/c1-16-7-13-20(14-8-16)35(30,31)33-22-6-4-3-5-17(22)15-21-23(28)26-25(34)27(24(21)29)18-9-11-19(32-2)12-10-18/h3-15H,1-2H3,(H,26,28,34)/b21-15-. The van der Waals surface area contributed by atoms with E-state index >= 15 is 0 Å². The lowest BCUT2D eigenvalue weighted by atomic mass is 10.1. The predicted molar refractivity (Wildman–Crippen MR) is 135 cm³/mol. The average Bonchev–Trinajstić information content (AvgIpc) is 2.83. The van der Waals surface area contributed by atoms with Crippen molar-refractivity contribution in [2.45, 2.75) is 11.8 Å². The summed E-state index contributed by atoms with van der Waals surface area (Å²) in [6.07, 6.45) is 1.27. The van der Waals surface area contributed by atoms with E-state index in [1.807, 2.05) is 6.92 Å². The van der Waals surface area contributed by atoms with Gasteiger partial charge in [-0.2, -0.15) is 8.42 Å². The number of carbonyl (C=O) groups is 2. The Labute approximate surface area is 207 Å². The van der Waals surface area contributed by atoms with Crippen LogP contribution in [0.5, 0.6) is 11.5 Å². The van der Waals surface area contributed by atoms with Gasteiger partial charge in [0.1, 0.15) is 22.0 Å². The Morgan fingerprint density at radius 1 is 0.943 bits per heavy atom. The monoisotopic (exact) mass is 508 g/mol. The van der Waals surface area contributed by atoms with Crippen LogP contribution >= 0.6 is 12.2 Å². The number of nitrogens with zero attached hydrogens (tertiary/aromatic N) is 1. The Kier molecular flexibility index (Phi) is 6.68. The van der Waals surface area contributed by atoms with Gasteiger partial charge in [-0.1, -0.05) is 35.9 Å². The third kappa shape index (κ3) is 5.08. The van der Waals surface area contributed by atoms with Crippen LogP contribution in [0, 0.1) is 6.92 Å². The van der Waals surface area contributed by atoms with E-state index in [2.05, 4.69) is 5.32 Å². The quantitative estimate of drug-likeness (QED) is 0.235.